The molecule has 34 heavy (non-hydrogen) atoms. The van der Waals surface area contributed by atoms with E-state index in [0.29, 0.717) is 18.4 Å². The van der Waals surface area contributed by atoms with Crippen molar-refractivity contribution in [1.82, 2.24) is 0 Å². The lowest BCUT2D eigenvalue weighted by Gasteiger charge is -2.06. The molecule has 0 aromatic heterocycles. The monoisotopic (exact) mass is 472 g/mol. The summed E-state index contributed by atoms with van der Waals surface area (Å²) in [5.74, 6) is 2.61. The molecule has 174 valence electrons. The van der Waals surface area contributed by atoms with Gasteiger partial charge in [0.1, 0.15) is 23.3 Å². The first kappa shape index (κ1) is 24.8. The molecule has 0 atom stereocenters. The molecule has 3 aromatic rings. The van der Waals surface area contributed by atoms with E-state index in [4.69, 9.17) is 4.74 Å². The third kappa shape index (κ3) is 5.74. The van der Waals surface area contributed by atoms with Crippen LogP contribution in [-0.2, 0) is 6.42 Å². The average molecular weight is 472 g/mol. The molecule has 0 saturated carbocycles. The van der Waals surface area contributed by atoms with Crippen LogP contribution in [0.15, 0.2) is 36.4 Å². The van der Waals surface area contributed by atoms with Crippen molar-refractivity contribution in [2.45, 2.75) is 26.7 Å². The van der Waals surface area contributed by atoms with E-state index in [0.717, 1.165) is 24.3 Å². The fourth-order valence-electron chi connectivity index (χ4n) is 3.13. The minimum atomic E-state index is -1.09. The standard InChI is InChI=1S/C27H18F6O/c1-3-5-16-10-21(28)19(22(29)11-16)8-6-17-12-23(30)20(24(31)13-17)9-7-18-14-25(32)27(34-4-2)26(33)15-18/h10-15H,3-5H2,1-2H3. The number of rotatable bonds is 4. The molecule has 0 aliphatic carbocycles. The number of ether oxygens (including phenoxy) is 1. The first-order valence-corrected chi connectivity index (χ1v) is 10.4. The van der Waals surface area contributed by atoms with Gasteiger partial charge in [-0.15, -0.1) is 0 Å². The normalized spacial score (nSPS) is 10.2. The molecule has 0 unspecified atom stereocenters. The summed E-state index contributed by atoms with van der Waals surface area (Å²) in [6.45, 7) is 3.48. The highest BCUT2D eigenvalue weighted by Crippen LogP contribution is 2.23. The van der Waals surface area contributed by atoms with E-state index in [1.807, 2.05) is 6.92 Å². The zero-order valence-corrected chi connectivity index (χ0v) is 18.3. The van der Waals surface area contributed by atoms with Crippen molar-refractivity contribution in [3.05, 3.63) is 99.1 Å². The van der Waals surface area contributed by atoms with E-state index in [-0.39, 0.29) is 17.7 Å². The first-order chi connectivity index (χ1) is 16.2. The molecular weight excluding hydrogens is 454 g/mol. The van der Waals surface area contributed by atoms with Gasteiger partial charge in [0.05, 0.1) is 17.7 Å². The van der Waals surface area contributed by atoms with Crippen LogP contribution in [0.1, 0.15) is 48.1 Å². The molecule has 1 nitrogen and oxygen atoms in total. The summed E-state index contributed by atoms with van der Waals surface area (Å²) in [6.07, 6.45) is 1.20. The second-order valence-electron chi connectivity index (χ2n) is 7.20. The topological polar surface area (TPSA) is 9.23 Å². The largest absolute Gasteiger partial charge is 0.488 e. The molecule has 7 heteroatoms. The fourth-order valence-corrected chi connectivity index (χ4v) is 3.13. The number of benzene rings is 3. The summed E-state index contributed by atoms with van der Waals surface area (Å²) >= 11 is 0. The highest BCUT2D eigenvalue weighted by atomic mass is 19.2. The Morgan fingerprint density at radius 2 is 1.00 bits per heavy atom. The Morgan fingerprint density at radius 3 is 1.41 bits per heavy atom. The third-order valence-corrected chi connectivity index (χ3v) is 4.63. The smallest absolute Gasteiger partial charge is 0.190 e. The SMILES string of the molecule is CCCc1cc(F)c(C#Cc2cc(F)c(C#Cc3cc(F)c(OCC)c(F)c3)c(F)c2)c(F)c1. The van der Waals surface area contributed by atoms with Crippen molar-refractivity contribution in [2.24, 2.45) is 0 Å². The lowest BCUT2D eigenvalue weighted by molar-refractivity contribution is 0.302. The molecule has 0 spiro atoms. The average Bonchev–Trinajstić information content (AvgIpc) is 2.75. The fraction of sp³-hybridized carbons (Fsp3) is 0.185. The first-order valence-electron chi connectivity index (χ1n) is 10.4. The number of halogens is 6. The molecule has 0 fully saturated rings. The minimum Gasteiger partial charge on any atom is -0.488 e. The van der Waals surface area contributed by atoms with Gasteiger partial charge >= 0.3 is 0 Å². The van der Waals surface area contributed by atoms with E-state index >= 15 is 0 Å². The molecule has 0 saturated heterocycles. The van der Waals surface area contributed by atoms with Gasteiger partial charge in [0, 0.05) is 11.1 Å². The van der Waals surface area contributed by atoms with Crippen molar-refractivity contribution in [1.29, 1.82) is 0 Å². The van der Waals surface area contributed by atoms with Gasteiger partial charge in [-0.2, -0.15) is 0 Å². The van der Waals surface area contributed by atoms with Crippen LogP contribution in [0.2, 0.25) is 0 Å². The van der Waals surface area contributed by atoms with Crippen molar-refractivity contribution in [3.63, 3.8) is 0 Å². The minimum absolute atomic E-state index is 0.0496. The number of hydrogen-bond donors (Lipinski definition) is 0. The van der Waals surface area contributed by atoms with E-state index in [1.165, 1.54) is 12.1 Å². The van der Waals surface area contributed by atoms with Gasteiger partial charge in [-0.05, 0) is 55.3 Å². The predicted octanol–water partition coefficient (Wildman–Crippen LogP) is 6.67. The summed E-state index contributed by atoms with van der Waals surface area (Å²) < 4.78 is 89.9. The molecular formula is C27H18F6O. The second-order valence-corrected chi connectivity index (χ2v) is 7.20. The molecule has 0 amide bonds. The van der Waals surface area contributed by atoms with E-state index in [9.17, 15) is 26.3 Å². The van der Waals surface area contributed by atoms with Gasteiger partial charge in [-0.1, -0.05) is 37.0 Å². The highest BCUT2D eigenvalue weighted by molar-refractivity contribution is 5.50. The second kappa shape index (κ2) is 10.9. The number of hydrogen-bond acceptors (Lipinski definition) is 1. The van der Waals surface area contributed by atoms with Gasteiger partial charge < -0.3 is 4.74 Å². The van der Waals surface area contributed by atoms with Crippen LogP contribution in [-0.4, -0.2) is 6.61 Å². The Balaban J connectivity index is 1.90. The summed E-state index contributed by atoms with van der Waals surface area (Å²) in [7, 11) is 0. The van der Waals surface area contributed by atoms with Gasteiger partial charge in [-0.25, -0.2) is 26.3 Å². The summed E-state index contributed by atoms with van der Waals surface area (Å²) in [5.41, 5.74) is -1.00. The van der Waals surface area contributed by atoms with E-state index in [1.54, 1.807) is 6.92 Å². The Hall–Kier alpha value is -3.84. The third-order valence-electron chi connectivity index (χ3n) is 4.63. The summed E-state index contributed by atoms with van der Waals surface area (Å²) in [5, 5.41) is 0. The molecule has 0 N–H and O–H groups in total. The van der Waals surface area contributed by atoms with E-state index < -0.39 is 51.8 Å². The zero-order valence-electron chi connectivity index (χ0n) is 18.3. The highest BCUT2D eigenvalue weighted by Gasteiger charge is 2.13. The van der Waals surface area contributed by atoms with Crippen molar-refractivity contribution in [3.8, 4) is 29.4 Å². The van der Waals surface area contributed by atoms with Crippen LogP contribution in [0.5, 0.6) is 5.75 Å². The maximum absolute atomic E-state index is 14.4. The van der Waals surface area contributed by atoms with E-state index in [2.05, 4.69) is 23.7 Å². The summed E-state index contributed by atoms with van der Waals surface area (Å²) in [6, 6.07) is 5.80. The Morgan fingerprint density at radius 1 is 0.588 bits per heavy atom. The molecule has 0 radical (unpaired) electrons. The van der Waals surface area contributed by atoms with Gasteiger partial charge in [0.25, 0.3) is 0 Å². The van der Waals surface area contributed by atoms with Crippen molar-refractivity contribution < 1.29 is 31.1 Å². The maximum Gasteiger partial charge on any atom is 0.190 e. The summed E-state index contributed by atoms with van der Waals surface area (Å²) in [4.78, 5) is 0. The molecule has 0 aliphatic rings. The Kier molecular flexibility index (Phi) is 7.91. The van der Waals surface area contributed by atoms with Crippen molar-refractivity contribution in [2.75, 3.05) is 6.61 Å². The van der Waals surface area contributed by atoms with Crippen LogP contribution < -0.4 is 4.74 Å². The zero-order chi connectivity index (χ0) is 24.8. The lowest BCUT2D eigenvalue weighted by Crippen LogP contribution is -1.99. The predicted molar refractivity (Wildman–Crippen MR) is 116 cm³/mol. The van der Waals surface area contributed by atoms with Crippen LogP contribution in [0.4, 0.5) is 26.3 Å². The van der Waals surface area contributed by atoms with Gasteiger partial charge in [0.2, 0.25) is 0 Å². The van der Waals surface area contributed by atoms with Gasteiger partial charge in [-0.3, -0.25) is 0 Å². The molecule has 0 heterocycles. The van der Waals surface area contributed by atoms with Crippen LogP contribution >= 0.6 is 0 Å². The van der Waals surface area contributed by atoms with Gasteiger partial charge in [0.15, 0.2) is 17.4 Å². The van der Waals surface area contributed by atoms with Crippen LogP contribution in [0.25, 0.3) is 0 Å². The quantitative estimate of drug-likeness (QED) is 0.304. The molecule has 0 bridgehead atoms. The Labute approximate surface area is 193 Å². The van der Waals surface area contributed by atoms with Crippen LogP contribution in [0, 0.1) is 58.6 Å². The van der Waals surface area contributed by atoms with Crippen LogP contribution in [0.3, 0.4) is 0 Å². The lowest BCUT2D eigenvalue weighted by atomic mass is 10.1. The molecule has 3 rings (SSSR count). The maximum atomic E-state index is 14.4. The molecule has 0 aliphatic heterocycles. The van der Waals surface area contributed by atoms with Crippen molar-refractivity contribution >= 4 is 0 Å². The molecule has 3 aromatic carbocycles. The Bertz CT molecular complexity index is 1290. The number of aryl methyl sites for hydroxylation is 1.